The second-order valence-electron chi connectivity index (χ2n) is 3.49. The van der Waals surface area contributed by atoms with Crippen LogP contribution in [0.5, 0.6) is 5.75 Å². The number of anilines is 1. The van der Waals surface area contributed by atoms with E-state index < -0.39 is 6.36 Å². The molecule has 1 aromatic carbocycles. The minimum absolute atomic E-state index is 0.340. The van der Waals surface area contributed by atoms with Gasteiger partial charge in [-0.2, -0.15) is 0 Å². The largest absolute Gasteiger partial charge is 0.573 e. The van der Waals surface area contributed by atoms with Crippen LogP contribution >= 0.6 is 0 Å². The highest BCUT2D eigenvalue weighted by molar-refractivity contribution is 5.99. The number of alkyl halides is 3. The number of halogens is 3. The van der Waals surface area contributed by atoms with Crippen molar-refractivity contribution >= 4 is 11.6 Å². The molecule has 6 heteroatoms. The first kappa shape index (κ1) is 14.8. The Morgan fingerprint density at radius 2 is 1.95 bits per heavy atom. The van der Waals surface area contributed by atoms with Crippen molar-refractivity contribution in [2.24, 2.45) is 0 Å². The maximum atomic E-state index is 11.9. The minimum Gasteiger partial charge on any atom is -0.406 e. The van der Waals surface area contributed by atoms with E-state index in [-0.39, 0.29) is 11.7 Å². The van der Waals surface area contributed by atoms with Gasteiger partial charge in [0.2, 0.25) is 5.91 Å². The lowest BCUT2D eigenvalue weighted by Gasteiger charge is -2.09. The maximum absolute atomic E-state index is 11.9. The Balaban J connectivity index is 2.57. The summed E-state index contributed by atoms with van der Waals surface area (Å²) in [5, 5.41) is 2.49. The molecule has 0 radical (unpaired) electrons. The minimum atomic E-state index is -4.72. The Morgan fingerprint density at radius 1 is 1.32 bits per heavy atom. The molecule has 19 heavy (non-hydrogen) atoms. The van der Waals surface area contributed by atoms with Crippen molar-refractivity contribution in [3.63, 3.8) is 0 Å². The second kappa shape index (κ2) is 6.63. The van der Waals surface area contributed by atoms with Crippen molar-refractivity contribution in [3.05, 3.63) is 49.1 Å². The molecule has 1 rings (SSSR count). The van der Waals surface area contributed by atoms with Crippen molar-refractivity contribution in [3.8, 4) is 5.75 Å². The summed E-state index contributed by atoms with van der Waals surface area (Å²) in [4.78, 5) is 11.4. The van der Waals surface area contributed by atoms with Gasteiger partial charge in [-0.25, -0.2) is 0 Å². The van der Waals surface area contributed by atoms with E-state index in [1.54, 1.807) is 12.2 Å². The van der Waals surface area contributed by atoms with Crippen LogP contribution in [-0.2, 0) is 4.79 Å². The fraction of sp³-hybridized carbons (Fsp3) is 0.154. The molecule has 0 heterocycles. The van der Waals surface area contributed by atoms with Crippen molar-refractivity contribution in [2.75, 3.05) is 5.32 Å². The number of benzene rings is 1. The molecule has 102 valence electrons. The van der Waals surface area contributed by atoms with Crippen LogP contribution in [0.3, 0.4) is 0 Å². The molecule has 0 aliphatic heterocycles. The van der Waals surface area contributed by atoms with Gasteiger partial charge in [0.25, 0.3) is 0 Å². The number of amides is 1. The van der Waals surface area contributed by atoms with Crippen LogP contribution in [0.15, 0.2) is 49.1 Å². The second-order valence-corrected chi connectivity index (χ2v) is 3.49. The lowest BCUT2D eigenvalue weighted by Crippen LogP contribution is -2.17. The van der Waals surface area contributed by atoms with Crippen LogP contribution in [0.25, 0.3) is 0 Å². The Morgan fingerprint density at radius 3 is 2.47 bits per heavy atom. The monoisotopic (exact) mass is 271 g/mol. The maximum Gasteiger partial charge on any atom is 0.573 e. The van der Waals surface area contributed by atoms with Crippen LogP contribution < -0.4 is 10.1 Å². The lowest BCUT2D eigenvalue weighted by atomic mass is 10.3. The summed E-state index contributed by atoms with van der Waals surface area (Å²) in [6.45, 7) is 3.49. The highest BCUT2D eigenvalue weighted by Crippen LogP contribution is 2.23. The van der Waals surface area contributed by atoms with Gasteiger partial charge in [0.05, 0.1) is 0 Å². The summed E-state index contributed by atoms with van der Waals surface area (Å²) >= 11 is 0. The average Bonchev–Trinajstić information content (AvgIpc) is 2.30. The van der Waals surface area contributed by atoms with E-state index >= 15 is 0 Å². The van der Waals surface area contributed by atoms with Crippen molar-refractivity contribution in [1.82, 2.24) is 0 Å². The van der Waals surface area contributed by atoms with E-state index in [4.69, 9.17) is 0 Å². The molecule has 1 amide bonds. The number of rotatable bonds is 5. The van der Waals surface area contributed by atoms with E-state index in [0.717, 1.165) is 12.1 Å². The molecule has 0 fully saturated rings. The van der Waals surface area contributed by atoms with E-state index in [2.05, 4.69) is 16.6 Å². The van der Waals surface area contributed by atoms with Gasteiger partial charge in [-0.3, -0.25) is 4.79 Å². The molecule has 0 aliphatic carbocycles. The highest BCUT2D eigenvalue weighted by Gasteiger charge is 2.30. The van der Waals surface area contributed by atoms with Crippen LogP contribution in [0.2, 0.25) is 0 Å². The number of allylic oxidation sites excluding steroid dienone is 2. The van der Waals surface area contributed by atoms with E-state index in [1.165, 1.54) is 18.2 Å². The normalized spacial score (nSPS) is 11.3. The zero-order valence-electron chi connectivity index (χ0n) is 9.91. The molecule has 3 nitrogen and oxygen atoms in total. The zero-order chi connectivity index (χ0) is 14.3. The predicted octanol–water partition coefficient (Wildman–Crippen LogP) is 3.66. The molecular weight excluding hydrogens is 259 g/mol. The standard InChI is InChI=1S/C13H12F3NO2/c1-2-3-4-5-12(18)17-10-6-8-11(9-7-10)19-13(14,15)16/h2,4-9H,1,3H2,(H,17,18). The van der Waals surface area contributed by atoms with Crippen molar-refractivity contribution in [1.29, 1.82) is 0 Å². The number of carbonyl (C=O) groups excluding carboxylic acids is 1. The number of hydrogen-bond donors (Lipinski definition) is 1. The van der Waals surface area contributed by atoms with Gasteiger partial charge >= 0.3 is 6.36 Å². The number of nitrogens with one attached hydrogen (secondary N) is 1. The summed E-state index contributed by atoms with van der Waals surface area (Å²) in [6, 6.07) is 4.88. The van der Waals surface area contributed by atoms with Crippen LogP contribution in [0.1, 0.15) is 6.42 Å². The highest BCUT2D eigenvalue weighted by atomic mass is 19.4. The number of carbonyl (C=O) groups is 1. The van der Waals surface area contributed by atoms with E-state index in [0.29, 0.717) is 12.1 Å². The van der Waals surface area contributed by atoms with Gasteiger partial charge < -0.3 is 10.1 Å². The first-order chi connectivity index (χ1) is 8.90. The Kier molecular flexibility index (Phi) is 5.17. The quantitative estimate of drug-likeness (QED) is 0.655. The van der Waals surface area contributed by atoms with E-state index in [1.807, 2.05) is 0 Å². The smallest absolute Gasteiger partial charge is 0.406 e. The molecule has 1 N–H and O–H groups in total. The Hall–Kier alpha value is -2.24. The van der Waals surface area contributed by atoms with Gasteiger partial charge in [-0.15, -0.1) is 19.8 Å². The third-order valence-corrected chi connectivity index (χ3v) is 1.93. The molecule has 0 spiro atoms. The first-order valence-electron chi connectivity index (χ1n) is 5.35. The van der Waals surface area contributed by atoms with Gasteiger partial charge in [0.15, 0.2) is 0 Å². The summed E-state index contributed by atoms with van der Waals surface area (Å²) in [5.74, 6) is -0.709. The van der Waals surface area contributed by atoms with Crippen molar-refractivity contribution in [2.45, 2.75) is 12.8 Å². The summed E-state index contributed by atoms with van der Waals surface area (Å²) in [5.41, 5.74) is 0.378. The molecule has 0 saturated heterocycles. The summed E-state index contributed by atoms with van der Waals surface area (Å²) in [6.07, 6.45) is 0.405. The number of hydrogen-bond acceptors (Lipinski definition) is 2. The average molecular weight is 271 g/mol. The third kappa shape index (κ3) is 6.30. The molecule has 0 atom stereocenters. The SMILES string of the molecule is C=CCC=CC(=O)Nc1ccc(OC(F)(F)F)cc1. The van der Waals surface area contributed by atoms with Gasteiger partial charge in [0.1, 0.15) is 5.75 Å². The summed E-state index contributed by atoms with van der Waals surface area (Å²) in [7, 11) is 0. The molecular formula is C13H12F3NO2. The van der Waals surface area contributed by atoms with Gasteiger partial charge in [0, 0.05) is 5.69 Å². The fourth-order valence-electron chi connectivity index (χ4n) is 1.20. The van der Waals surface area contributed by atoms with Crippen LogP contribution in [0, 0.1) is 0 Å². The predicted molar refractivity (Wildman–Crippen MR) is 65.7 cm³/mol. The lowest BCUT2D eigenvalue weighted by molar-refractivity contribution is -0.274. The summed E-state index contributed by atoms with van der Waals surface area (Å²) < 4.78 is 39.5. The third-order valence-electron chi connectivity index (χ3n) is 1.93. The zero-order valence-corrected chi connectivity index (χ0v) is 9.91. The van der Waals surface area contributed by atoms with Crippen LogP contribution in [0.4, 0.5) is 18.9 Å². The molecule has 0 saturated carbocycles. The molecule has 0 aliphatic rings. The van der Waals surface area contributed by atoms with E-state index in [9.17, 15) is 18.0 Å². The fourth-order valence-corrected chi connectivity index (χ4v) is 1.20. The van der Waals surface area contributed by atoms with Gasteiger partial charge in [-0.1, -0.05) is 12.2 Å². The van der Waals surface area contributed by atoms with Crippen LogP contribution in [-0.4, -0.2) is 12.3 Å². The molecule has 0 bridgehead atoms. The molecule has 1 aromatic rings. The van der Waals surface area contributed by atoms with Gasteiger partial charge in [-0.05, 0) is 36.8 Å². The topological polar surface area (TPSA) is 38.3 Å². The molecule has 0 aromatic heterocycles. The first-order valence-corrected chi connectivity index (χ1v) is 5.35. The molecule has 0 unspecified atom stereocenters. The number of ether oxygens (including phenoxy) is 1. The van der Waals surface area contributed by atoms with Crippen molar-refractivity contribution < 1.29 is 22.7 Å². The Bertz CT molecular complexity index is 464. The Labute approximate surface area is 108 Å².